The van der Waals surface area contributed by atoms with Crippen LogP contribution in [0.5, 0.6) is 0 Å². The zero-order valence-electron chi connectivity index (χ0n) is 8.75. The summed E-state index contributed by atoms with van der Waals surface area (Å²) >= 11 is 5.86. The molecule has 2 N–H and O–H groups in total. The minimum atomic E-state index is 0.117. The molecule has 80 valence electrons. The molecule has 2 heteroatoms. The van der Waals surface area contributed by atoms with Crippen molar-refractivity contribution < 1.29 is 0 Å². The van der Waals surface area contributed by atoms with Gasteiger partial charge in [0.2, 0.25) is 0 Å². The van der Waals surface area contributed by atoms with E-state index in [1.807, 2.05) is 12.1 Å². The average molecular weight is 222 g/mol. The van der Waals surface area contributed by atoms with Gasteiger partial charge in [-0.05, 0) is 48.8 Å². The van der Waals surface area contributed by atoms with Crippen LogP contribution >= 0.6 is 11.6 Å². The molecule has 2 aliphatic rings. The molecule has 0 amide bonds. The lowest BCUT2D eigenvalue weighted by molar-refractivity contribution is 0.501. The molecular formula is C13H16ClN. The van der Waals surface area contributed by atoms with Crippen LogP contribution in [0.3, 0.4) is 0 Å². The van der Waals surface area contributed by atoms with E-state index in [1.165, 1.54) is 24.8 Å². The van der Waals surface area contributed by atoms with Crippen molar-refractivity contribution in [2.75, 3.05) is 0 Å². The molecule has 2 saturated carbocycles. The van der Waals surface area contributed by atoms with Crippen molar-refractivity contribution in [2.45, 2.75) is 31.2 Å². The van der Waals surface area contributed by atoms with Gasteiger partial charge in [-0.3, -0.25) is 0 Å². The highest BCUT2D eigenvalue weighted by molar-refractivity contribution is 6.30. The largest absolute Gasteiger partial charge is 0.324 e. The first-order valence-electron chi connectivity index (χ1n) is 5.73. The first kappa shape index (κ1) is 9.68. The monoisotopic (exact) mass is 221 g/mol. The van der Waals surface area contributed by atoms with E-state index in [0.29, 0.717) is 0 Å². The van der Waals surface area contributed by atoms with Crippen LogP contribution in [-0.4, -0.2) is 5.54 Å². The molecule has 15 heavy (non-hydrogen) atoms. The Morgan fingerprint density at radius 1 is 1.20 bits per heavy atom. The van der Waals surface area contributed by atoms with Gasteiger partial charge >= 0.3 is 0 Å². The standard InChI is InChI=1S/C13H16ClN/c14-10-6-4-9(5-7-10)8-13(15)11-2-1-3-12(11)13/h4-7,11-12H,1-3,8,15H2. The first-order valence-corrected chi connectivity index (χ1v) is 6.11. The van der Waals surface area contributed by atoms with Gasteiger partial charge in [-0.1, -0.05) is 30.2 Å². The second-order valence-electron chi connectivity index (χ2n) is 5.06. The van der Waals surface area contributed by atoms with E-state index in [-0.39, 0.29) is 5.54 Å². The summed E-state index contributed by atoms with van der Waals surface area (Å²) < 4.78 is 0. The van der Waals surface area contributed by atoms with Crippen LogP contribution in [-0.2, 0) is 6.42 Å². The molecular weight excluding hydrogens is 206 g/mol. The van der Waals surface area contributed by atoms with E-state index in [9.17, 15) is 0 Å². The summed E-state index contributed by atoms with van der Waals surface area (Å²) in [5.41, 5.74) is 7.88. The summed E-state index contributed by atoms with van der Waals surface area (Å²) in [7, 11) is 0. The normalized spacial score (nSPS) is 37.7. The second kappa shape index (κ2) is 3.23. The Kier molecular flexibility index (Phi) is 2.08. The summed E-state index contributed by atoms with van der Waals surface area (Å²) in [5.74, 6) is 1.60. The van der Waals surface area contributed by atoms with Crippen molar-refractivity contribution in [1.29, 1.82) is 0 Å². The van der Waals surface area contributed by atoms with E-state index in [4.69, 9.17) is 17.3 Å². The molecule has 0 radical (unpaired) electrons. The maximum atomic E-state index is 6.43. The van der Waals surface area contributed by atoms with Gasteiger partial charge in [0.1, 0.15) is 0 Å². The number of nitrogens with two attached hydrogens (primary N) is 1. The van der Waals surface area contributed by atoms with E-state index >= 15 is 0 Å². The van der Waals surface area contributed by atoms with Crippen molar-refractivity contribution in [3.63, 3.8) is 0 Å². The van der Waals surface area contributed by atoms with Gasteiger partial charge in [-0.2, -0.15) is 0 Å². The van der Waals surface area contributed by atoms with Crippen LogP contribution < -0.4 is 5.73 Å². The Balaban J connectivity index is 1.74. The summed E-state index contributed by atoms with van der Waals surface area (Å²) in [4.78, 5) is 0. The van der Waals surface area contributed by atoms with Gasteiger partial charge in [0, 0.05) is 10.6 Å². The molecule has 0 aliphatic heterocycles. The molecule has 1 nitrogen and oxygen atoms in total. The Morgan fingerprint density at radius 3 is 2.40 bits per heavy atom. The van der Waals surface area contributed by atoms with E-state index in [0.717, 1.165) is 23.3 Å². The van der Waals surface area contributed by atoms with E-state index in [2.05, 4.69) is 12.1 Å². The van der Waals surface area contributed by atoms with Crippen LogP contribution in [0, 0.1) is 11.8 Å². The quantitative estimate of drug-likeness (QED) is 0.817. The predicted molar refractivity (Wildman–Crippen MR) is 62.9 cm³/mol. The highest BCUT2D eigenvalue weighted by Gasteiger charge is 2.62. The first-order chi connectivity index (χ1) is 7.20. The van der Waals surface area contributed by atoms with E-state index < -0.39 is 0 Å². The van der Waals surface area contributed by atoms with Crippen LogP contribution in [0.25, 0.3) is 0 Å². The Labute approximate surface area is 95.6 Å². The highest BCUT2D eigenvalue weighted by atomic mass is 35.5. The van der Waals surface area contributed by atoms with E-state index in [1.54, 1.807) is 0 Å². The molecule has 3 rings (SSSR count). The maximum Gasteiger partial charge on any atom is 0.0406 e. The average Bonchev–Trinajstić information content (AvgIpc) is 2.67. The molecule has 2 aliphatic carbocycles. The predicted octanol–water partition coefficient (Wildman–Crippen LogP) is 3.01. The summed E-state index contributed by atoms with van der Waals surface area (Å²) in [5, 5.41) is 0.806. The third kappa shape index (κ3) is 1.49. The smallest absolute Gasteiger partial charge is 0.0406 e. The summed E-state index contributed by atoms with van der Waals surface area (Å²) in [6.45, 7) is 0. The van der Waals surface area contributed by atoms with Crippen molar-refractivity contribution in [2.24, 2.45) is 17.6 Å². The summed E-state index contributed by atoms with van der Waals surface area (Å²) in [6.07, 6.45) is 5.10. The summed E-state index contributed by atoms with van der Waals surface area (Å²) in [6, 6.07) is 8.12. The molecule has 0 heterocycles. The zero-order valence-corrected chi connectivity index (χ0v) is 9.50. The number of rotatable bonds is 2. The lowest BCUT2D eigenvalue weighted by Gasteiger charge is -2.15. The lowest BCUT2D eigenvalue weighted by atomic mass is 9.97. The molecule has 2 unspecified atom stereocenters. The van der Waals surface area contributed by atoms with Crippen LogP contribution in [0.1, 0.15) is 24.8 Å². The van der Waals surface area contributed by atoms with Gasteiger partial charge in [-0.15, -0.1) is 0 Å². The van der Waals surface area contributed by atoms with Crippen LogP contribution in [0.15, 0.2) is 24.3 Å². The second-order valence-corrected chi connectivity index (χ2v) is 5.50. The molecule has 0 aromatic heterocycles. The topological polar surface area (TPSA) is 26.0 Å². The Bertz CT molecular complexity index is 361. The van der Waals surface area contributed by atoms with Gasteiger partial charge in [0.25, 0.3) is 0 Å². The number of benzene rings is 1. The van der Waals surface area contributed by atoms with Crippen molar-refractivity contribution in [1.82, 2.24) is 0 Å². The Morgan fingerprint density at radius 2 is 1.80 bits per heavy atom. The minimum Gasteiger partial charge on any atom is -0.324 e. The zero-order chi connectivity index (χ0) is 10.5. The number of hydrogen-bond donors (Lipinski definition) is 1. The Hall–Kier alpha value is -0.530. The molecule has 0 bridgehead atoms. The molecule has 0 spiro atoms. The lowest BCUT2D eigenvalue weighted by Crippen LogP contribution is -2.31. The van der Waals surface area contributed by atoms with Crippen LogP contribution in [0.4, 0.5) is 0 Å². The van der Waals surface area contributed by atoms with Crippen molar-refractivity contribution in [3.8, 4) is 0 Å². The number of fused-ring (bicyclic) bond motifs is 1. The molecule has 1 aromatic rings. The van der Waals surface area contributed by atoms with Gasteiger partial charge in [0.05, 0.1) is 0 Å². The van der Waals surface area contributed by atoms with Crippen LogP contribution in [0.2, 0.25) is 5.02 Å². The third-order valence-corrected chi connectivity index (χ3v) is 4.46. The van der Waals surface area contributed by atoms with Gasteiger partial charge < -0.3 is 5.73 Å². The number of hydrogen-bond acceptors (Lipinski definition) is 1. The molecule has 2 fully saturated rings. The third-order valence-electron chi connectivity index (χ3n) is 4.21. The minimum absolute atomic E-state index is 0.117. The van der Waals surface area contributed by atoms with Gasteiger partial charge in [-0.25, -0.2) is 0 Å². The fourth-order valence-corrected chi connectivity index (χ4v) is 3.47. The highest BCUT2D eigenvalue weighted by Crippen LogP contribution is 2.60. The molecule has 2 atom stereocenters. The molecule has 1 aromatic carbocycles. The SMILES string of the molecule is NC1(Cc2ccc(Cl)cc2)C2CCCC21. The fraction of sp³-hybridized carbons (Fsp3) is 0.538. The fourth-order valence-electron chi connectivity index (χ4n) is 3.34. The molecule has 0 saturated heterocycles. The van der Waals surface area contributed by atoms with Gasteiger partial charge in [0.15, 0.2) is 0 Å². The van der Waals surface area contributed by atoms with Crippen molar-refractivity contribution >= 4 is 11.6 Å². The van der Waals surface area contributed by atoms with Crippen molar-refractivity contribution in [3.05, 3.63) is 34.9 Å². The maximum absolute atomic E-state index is 6.43. The number of halogens is 1.